The summed E-state index contributed by atoms with van der Waals surface area (Å²) in [5.74, 6) is -0.268. The van der Waals surface area contributed by atoms with Crippen LogP contribution in [0.15, 0.2) is 23.1 Å². The smallest absolute Gasteiger partial charge is 0.254 e. The normalized spacial score (nSPS) is 15.6. The number of amides is 1. The van der Waals surface area contributed by atoms with Crippen molar-refractivity contribution in [2.24, 2.45) is 0 Å². The minimum atomic E-state index is -3.49. The maximum absolute atomic E-state index is 12.5. The molecule has 0 bridgehead atoms. The highest BCUT2D eigenvalue weighted by molar-refractivity contribution is 7.90. The summed E-state index contributed by atoms with van der Waals surface area (Å²) in [4.78, 5) is 14.1. The number of aliphatic hydroxyl groups excluding tert-OH is 1. The summed E-state index contributed by atoms with van der Waals surface area (Å²) >= 11 is 5.88. The predicted molar refractivity (Wildman–Crippen MR) is 80.3 cm³/mol. The van der Waals surface area contributed by atoms with Gasteiger partial charge in [0.05, 0.1) is 16.5 Å². The summed E-state index contributed by atoms with van der Waals surface area (Å²) in [6, 6.07) is 4.37. The number of hydrogen-bond acceptors (Lipinski definition) is 4. The molecule has 2 rings (SSSR count). The Kier molecular flexibility index (Phi) is 4.91. The molecule has 0 atom stereocenters. The number of aliphatic hydroxyl groups is 1. The molecule has 1 N–H and O–H groups in total. The molecule has 1 aromatic rings. The van der Waals surface area contributed by atoms with Gasteiger partial charge in [-0.1, -0.05) is 11.6 Å². The van der Waals surface area contributed by atoms with Gasteiger partial charge in [0.2, 0.25) is 0 Å². The van der Waals surface area contributed by atoms with E-state index >= 15 is 0 Å². The Morgan fingerprint density at radius 3 is 2.57 bits per heavy atom. The van der Waals surface area contributed by atoms with Crippen molar-refractivity contribution in [3.8, 4) is 0 Å². The van der Waals surface area contributed by atoms with E-state index in [0.717, 1.165) is 25.5 Å². The molecule has 1 aromatic carbocycles. The monoisotopic (exact) mass is 331 g/mol. The minimum Gasteiger partial charge on any atom is -0.395 e. The van der Waals surface area contributed by atoms with Crippen molar-refractivity contribution in [1.82, 2.24) is 4.90 Å². The lowest BCUT2D eigenvalue weighted by Gasteiger charge is -2.37. The lowest BCUT2D eigenvalue weighted by atomic mass is 9.91. The van der Waals surface area contributed by atoms with Gasteiger partial charge in [-0.05, 0) is 37.5 Å². The number of carbonyl (C=O) groups excluding carboxylic acids is 1. The molecule has 1 saturated carbocycles. The van der Waals surface area contributed by atoms with Crippen LogP contribution in [0.4, 0.5) is 0 Å². The third-order valence-electron chi connectivity index (χ3n) is 3.69. The largest absolute Gasteiger partial charge is 0.395 e. The van der Waals surface area contributed by atoms with Crippen LogP contribution in [0.2, 0.25) is 5.02 Å². The quantitative estimate of drug-likeness (QED) is 0.891. The molecule has 0 spiro atoms. The topological polar surface area (TPSA) is 74.7 Å². The number of hydrogen-bond donors (Lipinski definition) is 1. The first kappa shape index (κ1) is 16.3. The number of benzene rings is 1. The van der Waals surface area contributed by atoms with Gasteiger partial charge >= 0.3 is 0 Å². The highest BCUT2D eigenvalue weighted by Gasteiger charge is 2.29. The predicted octanol–water partition coefficient (Wildman–Crippen LogP) is 1.73. The van der Waals surface area contributed by atoms with E-state index in [1.54, 1.807) is 4.90 Å². The zero-order valence-electron chi connectivity index (χ0n) is 11.8. The molecule has 116 valence electrons. The van der Waals surface area contributed by atoms with E-state index < -0.39 is 9.84 Å². The Labute approximate surface area is 129 Å². The second kappa shape index (κ2) is 6.34. The van der Waals surface area contributed by atoms with E-state index in [1.165, 1.54) is 18.2 Å². The van der Waals surface area contributed by atoms with Gasteiger partial charge in [-0.15, -0.1) is 0 Å². The minimum absolute atomic E-state index is 0.0485. The van der Waals surface area contributed by atoms with Crippen molar-refractivity contribution in [3.63, 3.8) is 0 Å². The Balaban J connectivity index is 2.33. The standard InChI is InChI=1S/C14H18ClNO4S/c1-21(19,20)13-9-10(5-6-12(13)15)14(18)16(7-8-17)11-3-2-4-11/h5-6,9,11,17H,2-4,7-8H2,1H3. The van der Waals surface area contributed by atoms with Crippen molar-refractivity contribution < 1.29 is 18.3 Å². The van der Waals surface area contributed by atoms with Gasteiger partial charge in [-0.2, -0.15) is 0 Å². The van der Waals surface area contributed by atoms with E-state index in [2.05, 4.69) is 0 Å². The molecule has 0 aliphatic heterocycles. The van der Waals surface area contributed by atoms with Crippen molar-refractivity contribution in [1.29, 1.82) is 0 Å². The second-order valence-corrected chi connectivity index (χ2v) is 7.62. The summed E-state index contributed by atoms with van der Waals surface area (Å²) in [6.45, 7) is 0.134. The van der Waals surface area contributed by atoms with Crippen LogP contribution in [0.3, 0.4) is 0 Å². The van der Waals surface area contributed by atoms with Crippen molar-refractivity contribution in [2.45, 2.75) is 30.2 Å². The van der Waals surface area contributed by atoms with Crippen LogP contribution in [0.25, 0.3) is 0 Å². The summed E-state index contributed by atoms with van der Waals surface area (Å²) < 4.78 is 23.4. The number of sulfone groups is 1. The van der Waals surface area contributed by atoms with E-state index in [4.69, 9.17) is 16.7 Å². The molecule has 7 heteroatoms. The first-order valence-electron chi connectivity index (χ1n) is 6.76. The van der Waals surface area contributed by atoms with Crippen LogP contribution >= 0.6 is 11.6 Å². The molecule has 1 fully saturated rings. The average Bonchev–Trinajstić information content (AvgIpc) is 2.34. The molecular formula is C14H18ClNO4S. The molecular weight excluding hydrogens is 314 g/mol. The first-order valence-corrected chi connectivity index (χ1v) is 9.03. The zero-order chi connectivity index (χ0) is 15.6. The lowest BCUT2D eigenvalue weighted by molar-refractivity contribution is 0.0525. The van der Waals surface area contributed by atoms with Crippen LogP contribution in [0.1, 0.15) is 29.6 Å². The molecule has 5 nitrogen and oxygen atoms in total. The fourth-order valence-corrected chi connectivity index (χ4v) is 3.64. The zero-order valence-corrected chi connectivity index (χ0v) is 13.3. The van der Waals surface area contributed by atoms with Crippen molar-refractivity contribution in [2.75, 3.05) is 19.4 Å². The molecule has 1 aliphatic rings. The third-order valence-corrected chi connectivity index (χ3v) is 5.27. The Hall–Kier alpha value is -1.11. The van der Waals surface area contributed by atoms with Gasteiger partial charge in [0.15, 0.2) is 9.84 Å². The third kappa shape index (κ3) is 3.56. The maximum atomic E-state index is 12.5. The fourth-order valence-electron chi connectivity index (χ4n) is 2.34. The number of rotatable bonds is 5. The summed E-state index contributed by atoms with van der Waals surface area (Å²) in [6.07, 6.45) is 3.95. The molecule has 1 amide bonds. The van der Waals surface area contributed by atoms with Crippen LogP contribution in [-0.2, 0) is 9.84 Å². The van der Waals surface area contributed by atoms with Crippen LogP contribution in [0, 0.1) is 0 Å². The van der Waals surface area contributed by atoms with Gasteiger partial charge in [0, 0.05) is 24.4 Å². The van der Waals surface area contributed by atoms with Crippen molar-refractivity contribution >= 4 is 27.3 Å². The van der Waals surface area contributed by atoms with E-state index in [0.29, 0.717) is 0 Å². The molecule has 0 aromatic heterocycles. The lowest BCUT2D eigenvalue weighted by Crippen LogP contribution is -2.45. The SMILES string of the molecule is CS(=O)(=O)c1cc(C(=O)N(CCO)C2CCC2)ccc1Cl. The van der Waals surface area contributed by atoms with E-state index in [9.17, 15) is 13.2 Å². The van der Waals surface area contributed by atoms with Gasteiger partial charge in [-0.25, -0.2) is 8.42 Å². The summed E-state index contributed by atoms with van der Waals surface area (Å²) in [7, 11) is -3.49. The Bertz CT molecular complexity index is 640. The van der Waals surface area contributed by atoms with Gasteiger partial charge in [0.1, 0.15) is 0 Å². The summed E-state index contributed by atoms with van der Waals surface area (Å²) in [5, 5.41) is 9.22. The molecule has 0 radical (unpaired) electrons. The van der Waals surface area contributed by atoms with Gasteiger partial charge in [0.25, 0.3) is 5.91 Å². The number of carbonyl (C=O) groups is 1. The van der Waals surface area contributed by atoms with E-state index in [1.807, 2.05) is 0 Å². The fraction of sp³-hybridized carbons (Fsp3) is 0.500. The first-order chi connectivity index (χ1) is 9.84. The molecule has 0 saturated heterocycles. The molecule has 0 unspecified atom stereocenters. The van der Waals surface area contributed by atoms with Gasteiger partial charge in [-0.3, -0.25) is 4.79 Å². The van der Waals surface area contributed by atoms with Gasteiger partial charge < -0.3 is 10.0 Å². The second-order valence-electron chi connectivity index (χ2n) is 5.22. The maximum Gasteiger partial charge on any atom is 0.254 e. The molecule has 21 heavy (non-hydrogen) atoms. The van der Waals surface area contributed by atoms with Crippen LogP contribution in [0.5, 0.6) is 0 Å². The Morgan fingerprint density at radius 2 is 2.10 bits per heavy atom. The molecule has 1 aliphatic carbocycles. The highest BCUT2D eigenvalue weighted by atomic mass is 35.5. The number of nitrogens with zero attached hydrogens (tertiary/aromatic N) is 1. The number of halogens is 1. The van der Waals surface area contributed by atoms with E-state index in [-0.39, 0.29) is 40.6 Å². The van der Waals surface area contributed by atoms with Crippen LogP contribution in [-0.4, -0.2) is 49.8 Å². The highest BCUT2D eigenvalue weighted by Crippen LogP contribution is 2.28. The Morgan fingerprint density at radius 1 is 1.43 bits per heavy atom. The molecule has 0 heterocycles. The van der Waals surface area contributed by atoms with Crippen LogP contribution < -0.4 is 0 Å². The average molecular weight is 332 g/mol. The summed E-state index contributed by atoms with van der Waals surface area (Å²) in [5.41, 5.74) is 0.278. The van der Waals surface area contributed by atoms with Crippen molar-refractivity contribution in [3.05, 3.63) is 28.8 Å².